The highest BCUT2D eigenvalue weighted by atomic mass is 15.3. The van der Waals surface area contributed by atoms with Crippen LogP contribution < -0.4 is 5.73 Å². The SMILES string of the molecule is CN1CCC2(CC1)C(N)CCN2C. The van der Waals surface area contributed by atoms with Crippen LogP contribution in [0.4, 0.5) is 0 Å². The van der Waals surface area contributed by atoms with Gasteiger partial charge in [-0.2, -0.15) is 0 Å². The number of hydrogen-bond acceptors (Lipinski definition) is 3. The molecule has 2 rings (SSSR count). The first-order chi connectivity index (χ1) is 6.15. The van der Waals surface area contributed by atoms with E-state index in [1.807, 2.05) is 0 Å². The summed E-state index contributed by atoms with van der Waals surface area (Å²) in [6.07, 6.45) is 3.68. The summed E-state index contributed by atoms with van der Waals surface area (Å²) in [5, 5.41) is 0. The Morgan fingerprint density at radius 3 is 2.23 bits per heavy atom. The Morgan fingerprint density at radius 2 is 1.77 bits per heavy atom. The summed E-state index contributed by atoms with van der Waals surface area (Å²) in [6.45, 7) is 3.60. The zero-order chi connectivity index (χ0) is 9.47. The third kappa shape index (κ3) is 1.39. The zero-order valence-electron chi connectivity index (χ0n) is 8.79. The number of likely N-dealkylation sites (N-methyl/N-ethyl adjacent to an activating group) is 1. The molecule has 0 amide bonds. The van der Waals surface area contributed by atoms with E-state index < -0.39 is 0 Å². The molecule has 2 heterocycles. The molecule has 1 atom stereocenters. The first kappa shape index (κ1) is 9.44. The van der Waals surface area contributed by atoms with E-state index in [0.717, 1.165) is 0 Å². The van der Waals surface area contributed by atoms with E-state index in [2.05, 4.69) is 23.9 Å². The molecular formula is C10H21N3. The fourth-order valence-corrected chi connectivity index (χ4v) is 2.87. The molecule has 2 saturated heterocycles. The lowest BCUT2D eigenvalue weighted by atomic mass is 9.82. The lowest BCUT2D eigenvalue weighted by Crippen LogP contribution is -2.57. The van der Waals surface area contributed by atoms with Crippen molar-refractivity contribution in [3.63, 3.8) is 0 Å². The maximum Gasteiger partial charge on any atom is 0.0382 e. The van der Waals surface area contributed by atoms with Crippen LogP contribution in [0.2, 0.25) is 0 Å². The van der Waals surface area contributed by atoms with Crippen molar-refractivity contribution >= 4 is 0 Å². The Bertz CT molecular complexity index is 173. The minimum absolute atomic E-state index is 0.340. The van der Waals surface area contributed by atoms with Gasteiger partial charge in [-0.05, 0) is 53.0 Å². The second kappa shape index (κ2) is 3.23. The Hall–Kier alpha value is -0.120. The summed E-state index contributed by atoms with van der Waals surface area (Å²) in [6, 6.07) is 0.409. The van der Waals surface area contributed by atoms with Gasteiger partial charge >= 0.3 is 0 Å². The van der Waals surface area contributed by atoms with Crippen LogP contribution in [0.25, 0.3) is 0 Å². The van der Waals surface area contributed by atoms with Crippen molar-refractivity contribution in [2.75, 3.05) is 33.7 Å². The molecule has 2 fully saturated rings. The van der Waals surface area contributed by atoms with E-state index in [-0.39, 0.29) is 0 Å². The molecule has 0 aliphatic carbocycles. The van der Waals surface area contributed by atoms with Gasteiger partial charge in [0, 0.05) is 11.6 Å². The van der Waals surface area contributed by atoms with E-state index >= 15 is 0 Å². The molecule has 3 nitrogen and oxygen atoms in total. The third-order valence-corrected chi connectivity index (χ3v) is 4.08. The molecule has 0 aromatic heterocycles. The Kier molecular flexibility index (Phi) is 2.34. The second-order valence-electron chi connectivity index (χ2n) is 4.72. The zero-order valence-corrected chi connectivity index (χ0v) is 8.79. The average molecular weight is 183 g/mol. The number of rotatable bonds is 0. The molecule has 13 heavy (non-hydrogen) atoms. The van der Waals surface area contributed by atoms with Gasteiger partial charge in [-0.25, -0.2) is 0 Å². The van der Waals surface area contributed by atoms with E-state index in [1.54, 1.807) is 0 Å². The number of piperidine rings is 1. The number of nitrogens with two attached hydrogens (primary N) is 1. The lowest BCUT2D eigenvalue weighted by Gasteiger charge is -2.45. The first-order valence-electron chi connectivity index (χ1n) is 5.30. The van der Waals surface area contributed by atoms with E-state index in [9.17, 15) is 0 Å². The van der Waals surface area contributed by atoms with Gasteiger partial charge in [0.2, 0.25) is 0 Å². The predicted octanol–water partition coefficient (Wildman–Crippen LogP) is 0.114. The molecule has 0 radical (unpaired) electrons. The fraction of sp³-hybridized carbons (Fsp3) is 1.00. The third-order valence-electron chi connectivity index (χ3n) is 4.08. The summed E-state index contributed by atoms with van der Waals surface area (Å²) in [5.74, 6) is 0. The number of hydrogen-bond donors (Lipinski definition) is 1. The van der Waals surface area contributed by atoms with Crippen molar-refractivity contribution in [3.05, 3.63) is 0 Å². The van der Waals surface area contributed by atoms with Gasteiger partial charge in [-0.3, -0.25) is 4.90 Å². The molecule has 0 bridgehead atoms. The van der Waals surface area contributed by atoms with E-state index in [0.29, 0.717) is 11.6 Å². The normalized spacial score (nSPS) is 35.8. The molecular weight excluding hydrogens is 162 g/mol. The maximum absolute atomic E-state index is 6.22. The maximum atomic E-state index is 6.22. The molecule has 1 unspecified atom stereocenters. The largest absolute Gasteiger partial charge is 0.326 e. The van der Waals surface area contributed by atoms with Crippen LogP contribution in [0.1, 0.15) is 19.3 Å². The Labute approximate surface area is 80.9 Å². The first-order valence-corrected chi connectivity index (χ1v) is 5.30. The van der Waals surface area contributed by atoms with Crippen molar-refractivity contribution in [2.24, 2.45) is 5.73 Å². The molecule has 0 saturated carbocycles. The molecule has 2 aliphatic heterocycles. The van der Waals surface area contributed by atoms with Gasteiger partial charge in [-0.1, -0.05) is 0 Å². The van der Waals surface area contributed by atoms with Gasteiger partial charge in [0.05, 0.1) is 0 Å². The molecule has 2 aliphatic rings. The van der Waals surface area contributed by atoms with Crippen LogP contribution in [-0.2, 0) is 0 Å². The summed E-state index contributed by atoms with van der Waals surface area (Å²) >= 11 is 0. The van der Waals surface area contributed by atoms with Gasteiger partial charge in [0.15, 0.2) is 0 Å². The van der Waals surface area contributed by atoms with Crippen molar-refractivity contribution < 1.29 is 0 Å². The highest BCUT2D eigenvalue weighted by Crippen LogP contribution is 2.35. The highest BCUT2D eigenvalue weighted by molar-refractivity contribution is 5.05. The molecule has 0 aromatic rings. The van der Waals surface area contributed by atoms with E-state index in [1.165, 1.54) is 38.9 Å². The summed E-state index contributed by atoms with van der Waals surface area (Å²) < 4.78 is 0. The van der Waals surface area contributed by atoms with E-state index in [4.69, 9.17) is 5.73 Å². The van der Waals surface area contributed by atoms with Crippen molar-refractivity contribution in [1.29, 1.82) is 0 Å². The smallest absolute Gasteiger partial charge is 0.0382 e. The van der Waals surface area contributed by atoms with Crippen LogP contribution in [0.5, 0.6) is 0 Å². The van der Waals surface area contributed by atoms with Gasteiger partial charge in [0.1, 0.15) is 0 Å². The Balaban J connectivity index is 2.10. The molecule has 2 N–H and O–H groups in total. The van der Waals surface area contributed by atoms with Gasteiger partial charge in [0.25, 0.3) is 0 Å². The van der Waals surface area contributed by atoms with Crippen LogP contribution in [0.15, 0.2) is 0 Å². The topological polar surface area (TPSA) is 32.5 Å². The van der Waals surface area contributed by atoms with Crippen LogP contribution in [0.3, 0.4) is 0 Å². The van der Waals surface area contributed by atoms with Crippen molar-refractivity contribution in [2.45, 2.75) is 30.8 Å². The van der Waals surface area contributed by atoms with Crippen molar-refractivity contribution in [1.82, 2.24) is 9.80 Å². The monoisotopic (exact) mass is 183 g/mol. The fourth-order valence-electron chi connectivity index (χ4n) is 2.87. The molecule has 0 aromatic carbocycles. The number of nitrogens with zero attached hydrogens (tertiary/aromatic N) is 2. The predicted molar refractivity (Wildman–Crippen MR) is 54.7 cm³/mol. The van der Waals surface area contributed by atoms with Gasteiger partial charge in [-0.15, -0.1) is 0 Å². The summed E-state index contributed by atoms with van der Waals surface area (Å²) in [7, 11) is 4.44. The van der Waals surface area contributed by atoms with Crippen molar-refractivity contribution in [3.8, 4) is 0 Å². The average Bonchev–Trinajstić information content (AvgIpc) is 2.39. The van der Waals surface area contributed by atoms with Gasteiger partial charge < -0.3 is 10.6 Å². The quantitative estimate of drug-likeness (QED) is 0.579. The van der Waals surface area contributed by atoms with Crippen LogP contribution in [0, 0.1) is 0 Å². The van der Waals surface area contributed by atoms with Crippen LogP contribution >= 0.6 is 0 Å². The highest BCUT2D eigenvalue weighted by Gasteiger charge is 2.46. The standard InChI is InChI=1S/C10H21N3/c1-12-7-4-10(5-8-12)9(11)3-6-13(10)2/h9H,3-8,11H2,1-2H3. The molecule has 76 valence electrons. The molecule has 3 heteroatoms. The minimum atomic E-state index is 0.340. The van der Waals surface area contributed by atoms with Crippen LogP contribution in [-0.4, -0.2) is 55.1 Å². The minimum Gasteiger partial charge on any atom is -0.326 e. The summed E-state index contributed by atoms with van der Waals surface area (Å²) in [5.41, 5.74) is 6.56. The Morgan fingerprint density at radius 1 is 1.15 bits per heavy atom. The summed E-state index contributed by atoms with van der Waals surface area (Å²) in [4.78, 5) is 4.90. The lowest BCUT2D eigenvalue weighted by molar-refractivity contribution is 0.0715. The number of likely N-dealkylation sites (tertiary alicyclic amines) is 2. The molecule has 1 spiro atoms. The second-order valence-corrected chi connectivity index (χ2v) is 4.72.